The van der Waals surface area contributed by atoms with Crippen LogP contribution in [0.3, 0.4) is 0 Å². The SMILES string of the molecule is CN(C)S(=O)(=O)N1CC(c2nc3c(C(N)=O)cccc3[nH]2)C1. The Labute approximate surface area is 128 Å². The van der Waals surface area contributed by atoms with Crippen molar-refractivity contribution in [2.45, 2.75) is 5.92 Å². The van der Waals surface area contributed by atoms with Crippen molar-refractivity contribution in [1.82, 2.24) is 18.6 Å². The number of carbonyl (C=O) groups excluding carboxylic acids is 1. The molecular formula is C13H17N5O3S. The number of aromatic nitrogens is 2. The third kappa shape index (κ3) is 2.27. The Bertz CT molecular complexity index is 836. The number of nitrogens with two attached hydrogens (primary N) is 1. The predicted molar refractivity (Wildman–Crippen MR) is 81.5 cm³/mol. The zero-order chi connectivity index (χ0) is 16.1. The first-order valence-corrected chi connectivity index (χ1v) is 8.16. The molecule has 8 nitrogen and oxygen atoms in total. The number of para-hydroxylation sites is 1. The molecule has 9 heteroatoms. The van der Waals surface area contributed by atoms with E-state index >= 15 is 0 Å². The van der Waals surface area contributed by atoms with Gasteiger partial charge in [-0.15, -0.1) is 0 Å². The molecule has 0 unspecified atom stereocenters. The van der Waals surface area contributed by atoms with Crippen molar-refractivity contribution >= 4 is 27.1 Å². The molecule has 1 fully saturated rings. The van der Waals surface area contributed by atoms with Gasteiger partial charge >= 0.3 is 0 Å². The Balaban J connectivity index is 1.85. The minimum atomic E-state index is -3.38. The van der Waals surface area contributed by atoms with Gasteiger partial charge in [-0.1, -0.05) is 6.07 Å². The van der Waals surface area contributed by atoms with Crippen LogP contribution in [0.5, 0.6) is 0 Å². The van der Waals surface area contributed by atoms with Gasteiger partial charge in [0.15, 0.2) is 0 Å². The normalized spacial score (nSPS) is 17.0. The number of rotatable bonds is 4. The van der Waals surface area contributed by atoms with Crippen molar-refractivity contribution in [1.29, 1.82) is 0 Å². The standard InChI is InChI=1S/C13H17N5O3S/c1-17(2)22(20,21)18-6-8(7-18)13-15-10-5-3-4-9(12(14)19)11(10)16-13/h3-5,8H,6-7H2,1-2H3,(H2,14,19)(H,15,16). The van der Waals surface area contributed by atoms with Crippen LogP contribution in [0.2, 0.25) is 0 Å². The highest BCUT2D eigenvalue weighted by Crippen LogP contribution is 2.30. The average molecular weight is 323 g/mol. The van der Waals surface area contributed by atoms with E-state index in [0.29, 0.717) is 30.0 Å². The molecule has 0 radical (unpaired) electrons. The zero-order valence-corrected chi connectivity index (χ0v) is 13.1. The summed E-state index contributed by atoms with van der Waals surface area (Å²) >= 11 is 0. The van der Waals surface area contributed by atoms with Gasteiger partial charge in [0, 0.05) is 33.1 Å². The number of hydrogen-bond donors (Lipinski definition) is 2. The number of amides is 1. The fourth-order valence-electron chi connectivity index (χ4n) is 2.47. The van der Waals surface area contributed by atoms with Gasteiger partial charge in [0.05, 0.1) is 11.1 Å². The van der Waals surface area contributed by atoms with Crippen molar-refractivity contribution in [3.05, 3.63) is 29.6 Å². The lowest BCUT2D eigenvalue weighted by atomic mass is 10.0. The molecule has 0 saturated carbocycles. The number of imidazole rings is 1. The van der Waals surface area contributed by atoms with E-state index in [-0.39, 0.29) is 5.92 Å². The van der Waals surface area contributed by atoms with Crippen LogP contribution < -0.4 is 5.73 Å². The first-order chi connectivity index (χ1) is 10.3. The van der Waals surface area contributed by atoms with Crippen molar-refractivity contribution in [2.24, 2.45) is 5.73 Å². The number of H-pyrrole nitrogens is 1. The summed E-state index contributed by atoms with van der Waals surface area (Å²) < 4.78 is 26.5. The van der Waals surface area contributed by atoms with E-state index in [1.165, 1.54) is 22.7 Å². The number of hydrogen-bond acceptors (Lipinski definition) is 4. The van der Waals surface area contributed by atoms with Gasteiger partial charge in [-0.3, -0.25) is 4.79 Å². The molecule has 3 N–H and O–H groups in total. The summed E-state index contributed by atoms with van der Waals surface area (Å²) in [5.41, 5.74) is 6.95. The van der Waals surface area contributed by atoms with Gasteiger partial charge in [0.25, 0.3) is 16.1 Å². The van der Waals surface area contributed by atoms with E-state index in [1.54, 1.807) is 12.1 Å². The Morgan fingerprint density at radius 1 is 1.41 bits per heavy atom. The summed E-state index contributed by atoms with van der Waals surface area (Å²) in [6.07, 6.45) is 0. The molecule has 1 aromatic heterocycles. The maximum absolute atomic E-state index is 12.0. The van der Waals surface area contributed by atoms with Crippen molar-refractivity contribution in [2.75, 3.05) is 27.2 Å². The molecule has 1 amide bonds. The third-order valence-electron chi connectivity index (χ3n) is 3.82. The Hall–Kier alpha value is -1.97. The van der Waals surface area contributed by atoms with E-state index in [9.17, 15) is 13.2 Å². The first-order valence-electron chi connectivity index (χ1n) is 6.76. The highest BCUT2D eigenvalue weighted by Gasteiger charge is 2.39. The van der Waals surface area contributed by atoms with Crippen molar-refractivity contribution < 1.29 is 13.2 Å². The van der Waals surface area contributed by atoms with Crippen molar-refractivity contribution in [3.63, 3.8) is 0 Å². The first kappa shape index (κ1) is 14.9. The molecule has 2 aromatic rings. The van der Waals surface area contributed by atoms with Crippen LogP contribution >= 0.6 is 0 Å². The summed E-state index contributed by atoms with van der Waals surface area (Å²) in [7, 11) is -0.376. The summed E-state index contributed by atoms with van der Waals surface area (Å²) in [4.78, 5) is 19.0. The fourth-order valence-corrected chi connectivity index (χ4v) is 3.67. The van der Waals surface area contributed by atoms with Crippen LogP contribution in [-0.2, 0) is 10.2 Å². The Morgan fingerprint density at radius 2 is 2.09 bits per heavy atom. The number of nitrogens with one attached hydrogen (secondary N) is 1. The van der Waals surface area contributed by atoms with Crippen LogP contribution in [0, 0.1) is 0 Å². The Kier molecular flexibility index (Phi) is 3.42. The van der Waals surface area contributed by atoms with Gasteiger partial charge in [0.1, 0.15) is 11.3 Å². The number of carbonyl (C=O) groups is 1. The molecule has 1 aromatic carbocycles. The molecule has 1 aliphatic heterocycles. The molecule has 0 atom stereocenters. The van der Waals surface area contributed by atoms with E-state index < -0.39 is 16.1 Å². The molecule has 0 bridgehead atoms. The largest absolute Gasteiger partial charge is 0.366 e. The third-order valence-corrected chi connectivity index (χ3v) is 5.69. The highest BCUT2D eigenvalue weighted by atomic mass is 32.2. The lowest BCUT2D eigenvalue weighted by molar-refractivity contribution is 0.100. The van der Waals surface area contributed by atoms with E-state index in [4.69, 9.17) is 5.73 Å². The van der Waals surface area contributed by atoms with Crippen LogP contribution in [-0.4, -0.2) is 60.1 Å². The van der Waals surface area contributed by atoms with Gasteiger partial charge in [0.2, 0.25) is 0 Å². The monoisotopic (exact) mass is 323 g/mol. The zero-order valence-electron chi connectivity index (χ0n) is 12.3. The molecular weight excluding hydrogens is 306 g/mol. The summed E-state index contributed by atoms with van der Waals surface area (Å²) in [6.45, 7) is 0.735. The van der Waals surface area contributed by atoms with Gasteiger partial charge < -0.3 is 10.7 Å². The average Bonchev–Trinajstić information content (AvgIpc) is 2.78. The number of benzene rings is 1. The molecule has 0 spiro atoms. The summed E-state index contributed by atoms with van der Waals surface area (Å²) in [5.74, 6) is 0.130. The lowest BCUT2D eigenvalue weighted by Gasteiger charge is -2.38. The van der Waals surface area contributed by atoms with Crippen LogP contribution in [0.4, 0.5) is 0 Å². The maximum Gasteiger partial charge on any atom is 0.281 e. The molecule has 22 heavy (non-hydrogen) atoms. The number of aromatic amines is 1. The van der Waals surface area contributed by atoms with Gasteiger partial charge in [-0.25, -0.2) is 4.98 Å². The highest BCUT2D eigenvalue weighted by molar-refractivity contribution is 7.86. The van der Waals surface area contributed by atoms with Crippen LogP contribution in [0.25, 0.3) is 11.0 Å². The number of nitrogens with zero attached hydrogens (tertiary/aromatic N) is 3. The summed E-state index contributed by atoms with van der Waals surface area (Å²) in [5, 5.41) is 0. The summed E-state index contributed by atoms with van der Waals surface area (Å²) in [6, 6.07) is 5.16. The maximum atomic E-state index is 12.0. The molecule has 1 aliphatic rings. The lowest BCUT2D eigenvalue weighted by Crippen LogP contribution is -2.52. The predicted octanol–water partition coefficient (Wildman–Crippen LogP) is -0.133. The van der Waals surface area contributed by atoms with Gasteiger partial charge in [-0.2, -0.15) is 17.0 Å². The van der Waals surface area contributed by atoms with Crippen LogP contribution in [0.1, 0.15) is 22.1 Å². The van der Waals surface area contributed by atoms with Gasteiger partial charge in [-0.05, 0) is 12.1 Å². The van der Waals surface area contributed by atoms with E-state index in [2.05, 4.69) is 9.97 Å². The number of primary amides is 1. The minimum absolute atomic E-state index is 0.0112. The van der Waals surface area contributed by atoms with E-state index in [0.717, 1.165) is 5.52 Å². The number of fused-ring (bicyclic) bond motifs is 1. The van der Waals surface area contributed by atoms with Crippen LogP contribution in [0.15, 0.2) is 18.2 Å². The molecule has 0 aliphatic carbocycles. The topological polar surface area (TPSA) is 112 Å². The molecule has 3 rings (SSSR count). The smallest absolute Gasteiger partial charge is 0.281 e. The second-order valence-corrected chi connectivity index (χ2v) is 7.63. The fraction of sp³-hybridized carbons (Fsp3) is 0.385. The second kappa shape index (κ2) is 5.04. The minimum Gasteiger partial charge on any atom is -0.366 e. The second-order valence-electron chi connectivity index (χ2n) is 5.49. The molecule has 118 valence electrons. The van der Waals surface area contributed by atoms with E-state index in [1.807, 2.05) is 6.07 Å². The van der Waals surface area contributed by atoms with Crippen molar-refractivity contribution in [3.8, 4) is 0 Å². The molecule has 1 saturated heterocycles. The molecule has 2 heterocycles. The quantitative estimate of drug-likeness (QED) is 0.816. The Morgan fingerprint density at radius 3 is 2.68 bits per heavy atom.